The molecule has 2 rings (SSSR count). The fourth-order valence-corrected chi connectivity index (χ4v) is 1.39. The number of nitro groups is 1. The lowest BCUT2D eigenvalue weighted by Gasteiger charge is -1.91. The van der Waals surface area contributed by atoms with Gasteiger partial charge in [-0.25, -0.2) is 4.39 Å². The third kappa shape index (κ3) is 1.85. The highest BCUT2D eigenvalue weighted by Gasteiger charge is 2.02. The minimum atomic E-state index is -0.557. The van der Waals surface area contributed by atoms with Crippen LogP contribution in [0.25, 0.3) is 17.0 Å². The fourth-order valence-electron chi connectivity index (χ4n) is 1.39. The second-order valence-corrected chi connectivity index (χ2v) is 3.04. The summed E-state index contributed by atoms with van der Waals surface area (Å²) in [6.07, 6.45) is 3.76. The Balaban J connectivity index is 2.52. The normalized spacial score (nSPS) is 11.3. The number of fused-ring (bicyclic) bond motifs is 1. The highest BCUT2D eigenvalue weighted by molar-refractivity contribution is 5.88. The van der Waals surface area contributed by atoms with Gasteiger partial charge in [-0.1, -0.05) is 0 Å². The van der Waals surface area contributed by atoms with E-state index in [9.17, 15) is 14.5 Å². The van der Waals surface area contributed by atoms with Gasteiger partial charge in [0.1, 0.15) is 5.82 Å². The van der Waals surface area contributed by atoms with E-state index < -0.39 is 4.92 Å². The van der Waals surface area contributed by atoms with Crippen molar-refractivity contribution >= 4 is 17.0 Å². The maximum absolute atomic E-state index is 12.9. The lowest BCUT2D eigenvalue weighted by atomic mass is 10.2. The van der Waals surface area contributed by atoms with Gasteiger partial charge in [0.2, 0.25) is 6.20 Å². The molecule has 15 heavy (non-hydrogen) atoms. The van der Waals surface area contributed by atoms with Gasteiger partial charge >= 0.3 is 0 Å². The number of nitrogens with zero attached hydrogens (tertiary/aromatic N) is 1. The first-order valence-electron chi connectivity index (χ1n) is 4.25. The summed E-state index contributed by atoms with van der Waals surface area (Å²) in [6, 6.07) is 4.26. The molecule has 1 aromatic heterocycles. The van der Waals surface area contributed by atoms with Crippen molar-refractivity contribution in [1.29, 1.82) is 0 Å². The van der Waals surface area contributed by atoms with Gasteiger partial charge in [-0.05, 0) is 18.2 Å². The molecule has 4 nitrogen and oxygen atoms in total. The molecule has 2 aromatic rings. The van der Waals surface area contributed by atoms with Crippen molar-refractivity contribution in [3.8, 4) is 0 Å². The van der Waals surface area contributed by atoms with E-state index in [1.165, 1.54) is 18.2 Å². The number of nitrogens with one attached hydrogen (secondary N) is 1. The average Bonchev–Trinajstić information content (AvgIpc) is 2.57. The molecule has 0 unspecified atom stereocenters. The van der Waals surface area contributed by atoms with Crippen molar-refractivity contribution in [2.75, 3.05) is 0 Å². The molecule has 0 fully saturated rings. The number of H-pyrrole nitrogens is 1. The number of hydrogen-bond acceptors (Lipinski definition) is 2. The minimum Gasteiger partial charge on any atom is -0.361 e. The molecule has 1 heterocycles. The van der Waals surface area contributed by atoms with Crippen LogP contribution >= 0.6 is 0 Å². The smallest absolute Gasteiger partial charge is 0.235 e. The molecule has 0 saturated heterocycles. The van der Waals surface area contributed by atoms with E-state index in [0.717, 1.165) is 11.7 Å². The van der Waals surface area contributed by atoms with E-state index in [0.29, 0.717) is 10.9 Å². The molecule has 76 valence electrons. The maximum atomic E-state index is 12.9. The average molecular weight is 206 g/mol. The lowest BCUT2D eigenvalue weighted by Crippen LogP contribution is -1.81. The van der Waals surface area contributed by atoms with Crippen LogP contribution in [0.2, 0.25) is 0 Å². The molecule has 1 aromatic carbocycles. The number of benzene rings is 1. The zero-order valence-corrected chi connectivity index (χ0v) is 7.61. The van der Waals surface area contributed by atoms with Crippen LogP contribution in [0.15, 0.2) is 30.6 Å². The molecule has 0 aliphatic heterocycles. The highest BCUT2D eigenvalue weighted by atomic mass is 19.1. The van der Waals surface area contributed by atoms with Crippen LogP contribution in [0, 0.1) is 15.9 Å². The van der Waals surface area contributed by atoms with Crippen molar-refractivity contribution in [1.82, 2.24) is 4.98 Å². The third-order valence-electron chi connectivity index (χ3n) is 2.05. The number of aromatic nitrogens is 1. The lowest BCUT2D eigenvalue weighted by molar-refractivity contribution is -0.400. The van der Waals surface area contributed by atoms with E-state index in [1.54, 1.807) is 12.3 Å². The molecule has 0 aliphatic carbocycles. The number of rotatable bonds is 2. The summed E-state index contributed by atoms with van der Waals surface area (Å²) >= 11 is 0. The van der Waals surface area contributed by atoms with Gasteiger partial charge in [-0.15, -0.1) is 0 Å². The van der Waals surface area contributed by atoms with Crippen LogP contribution in [-0.2, 0) is 0 Å². The zero-order chi connectivity index (χ0) is 10.8. The van der Waals surface area contributed by atoms with Crippen molar-refractivity contribution in [3.05, 3.63) is 52.1 Å². The summed E-state index contributed by atoms with van der Waals surface area (Å²) in [4.78, 5) is 12.5. The summed E-state index contributed by atoms with van der Waals surface area (Å²) in [7, 11) is 0. The second kappa shape index (κ2) is 3.53. The van der Waals surface area contributed by atoms with Crippen molar-refractivity contribution < 1.29 is 9.31 Å². The largest absolute Gasteiger partial charge is 0.361 e. The molecule has 0 bridgehead atoms. The first kappa shape index (κ1) is 9.39. The molecule has 0 aliphatic rings. The number of halogens is 1. The summed E-state index contributed by atoms with van der Waals surface area (Å²) < 4.78 is 12.9. The minimum absolute atomic E-state index is 0.363. The van der Waals surface area contributed by atoms with Gasteiger partial charge in [-0.3, -0.25) is 10.1 Å². The van der Waals surface area contributed by atoms with E-state index in [1.807, 2.05) is 0 Å². The van der Waals surface area contributed by atoms with Crippen LogP contribution in [0.5, 0.6) is 0 Å². The first-order chi connectivity index (χ1) is 7.16. The SMILES string of the molecule is O=[N+]([O-])/C=C/c1c[nH]c2ccc(F)cc12. The summed E-state index contributed by atoms with van der Waals surface area (Å²) in [5, 5.41) is 10.8. The zero-order valence-electron chi connectivity index (χ0n) is 7.61. The Bertz CT molecular complexity index is 545. The van der Waals surface area contributed by atoms with E-state index >= 15 is 0 Å². The topological polar surface area (TPSA) is 58.9 Å². The number of aromatic amines is 1. The molecule has 1 N–H and O–H groups in total. The summed E-state index contributed by atoms with van der Waals surface area (Å²) in [6.45, 7) is 0. The van der Waals surface area contributed by atoms with E-state index in [2.05, 4.69) is 4.98 Å². The van der Waals surface area contributed by atoms with Crippen LogP contribution < -0.4 is 0 Å². The van der Waals surface area contributed by atoms with Crippen molar-refractivity contribution in [2.45, 2.75) is 0 Å². The van der Waals surface area contributed by atoms with Crippen LogP contribution in [0.1, 0.15) is 5.56 Å². The van der Waals surface area contributed by atoms with Crippen LogP contribution in [-0.4, -0.2) is 9.91 Å². The molecule has 0 amide bonds. The van der Waals surface area contributed by atoms with Gasteiger partial charge in [0.25, 0.3) is 0 Å². The Hall–Kier alpha value is -2.17. The fraction of sp³-hybridized carbons (Fsp3) is 0. The summed E-state index contributed by atoms with van der Waals surface area (Å²) in [5.74, 6) is -0.363. The second-order valence-electron chi connectivity index (χ2n) is 3.04. The predicted molar refractivity (Wildman–Crippen MR) is 54.3 cm³/mol. The maximum Gasteiger partial charge on any atom is 0.235 e. The quantitative estimate of drug-likeness (QED) is 0.606. The third-order valence-corrected chi connectivity index (χ3v) is 2.05. The molecule has 0 radical (unpaired) electrons. The van der Waals surface area contributed by atoms with Crippen LogP contribution in [0.3, 0.4) is 0 Å². The molecule has 5 heteroatoms. The van der Waals surface area contributed by atoms with E-state index in [4.69, 9.17) is 0 Å². The Morgan fingerprint density at radius 2 is 2.27 bits per heavy atom. The van der Waals surface area contributed by atoms with E-state index in [-0.39, 0.29) is 5.82 Å². The van der Waals surface area contributed by atoms with Gasteiger partial charge in [-0.2, -0.15) is 0 Å². The Kier molecular flexibility index (Phi) is 2.21. The molecule has 0 spiro atoms. The molecule has 0 atom stereocenters. The van der Waals surface area contributed by atoms with Crippen LogP contribution in [0.4, 0.5) is 4.39 Å². The Morgan fingerprint density at radius 1 is 1.47 bits per heavy atom. The van der Waals surface area contributed by atoms with Gasteiger partial charge in [0, 0.05) is 28.7 Å². The predicted octanol–water partition coefficient (Wildman–Crippen LogP) is 2.55. The number of hydrogen-bond donors (Lipinski definition) is 1. The molecule has 0 saturated carbocycles. The van der Waals surface area contributed by atoms with Gasteiger partial charge in [0.15, 0.2) is 0 Å². The first-order valence-corrected chi connectivity index (χ1v) is 4.25. The van der Waals surface area contributed by atoms with Gasteiger partial charge < -0.3 is 4.98 Å². The molecular weight excluding hydrogens is 199 g/mol. The van der Waals surface area contributed by atoms with Crippen molar-refractivity contribution in [2.24, 2.45) is 0 Å². The summed E-state index contributed by atoms with van der Waals surface area (Å²) in [5.41, 5.74) is 1.35. The monoisotopic (exact) mass is 206 g/mol. The Morgan fingerprint density at radius 3 is 3.00 bits per heavy atom. The standard InChI is InChI=1S/C10H7FN2O2/c11-8-1-2-10-9(5-8)7(6-12-10)3-4-13(14)15/h1-6,12H/b4-3+. The highest BCUT2D eigenvalue weighted by Crippen LogP contribution is 2.20. The Labute approximate surface area is 84.2 Å². The van der Waals surface area contributed by atoms with Crippen molar-refractivity contribution in [3.63, 3.8) is 0 Å². The molecular formula is C10H7FN2O2. The van der Waals surface area contributed by atoms with Gasteiger partial charge in [0.05, 0.1) is 4.92 Å².